The van der Waals surface area contributed by atoms with E-state index in [4.69, 9.17) is 0 Å². The van der Waals surface area contributed by atoms with Gasteiger partial charge in [0.2, 0.25) is 0 Å². The normalized spacial score (nSPS) is 22.6. The maximum atomic E-state index is 3.52. The van der Waals surface area contributed by atoms with Crippen LogP contribution in [0.1, 0.15) is 46.5 Å². The third kappa shape index (κ3) is 4.12. The summed E-state index contributed by atoms with van der Waals surface area (Å²) in [5.41, 5.74) is 0. The second-order valence-corrected chi connectivity index (χ2v) is 4.77. The molecule has 0 saturated carbocycles. The molecule has 1 fully saturated rings. The average Bonchev–Trinajstić information content (AvgIpc) is 2.32. The van der Waals surface area contributed by atoms with Crippen molar-refractivity contribution in [1.29, 1.82) is 0 Å². The highest BCUT2D eigenvalue weighted by molar-refractivity contribution is 4.79. The Morgan fingerprint density at radius 3 is 2.47 bits per heavy atom. The summed E-state index contributed by atoms with van der Waals surface area (Å²) in [5.74, 6) is 0.895. The fourth-order valence-corrected chi connectivity index (χ4v) is 2.56. The standard InChI is InChI=1S/C13H28N2/c1-4-12(5-2)11-15(6-3)13-8-7-9-14-10-13/h12-14H,4-11H2,1-3H3. The lowest BCUT2D eigenvalue weighted by Gasteiger charge is -2.35. The Morgan fingerprint density at radius 2 is 2.00 bits per heavy atom. The number of piperidine rings is 1. The van der Waals surface area contributed by atoms with Crippen LogP contribution in [0.15, 0.2) is 0 Å². The van der Waals surface area contributed by atoms with Gasteiger partial charge >= 0.3 is 0 Å². The van der Waals surface area contributed by atoms with E-state index in [9.17, 15) is 0 Å². The van der Waals surface area contributed by atoms with Crippen molar-refractivity contribution < 1.29 is 0 Å². The SMILES string of the molecule is CCC(CC)CN(CC)C1CCCNC1. The quantitative estimate of drug-likeness (QED) is 0.728. The van der Waals surface area contributed by atoms with Crippen LogP contribution >= 0.6 is 0 Å². The summed E-state index contributed by atoms with van der Waals surface area (Å²) < 4.78 is 0. The van der Waals surface area contributed by atoms with E-state index in [1.807, 2.05) is 0 Å². The molecule has 0 amide bonds. The summed E-state index contributed by atoms with van der Waals surface area (Å²) in [4.78, 5) is 2.68. The second-order valence-electron chi connectivity index (χ2n) is 4.77. The number of nitrogens with zero attached hydrogens (tertiary/aromatic N) is 1. The maximum Gasteiger partial charge on any atom is 0.0221 e. The molecular formula is C13H28N2. The van der Waals surface area contributed by atoms with E-state index in [-0.39, 0.29) is 0 Å². The number of rotatable bonds is 6. The van der Waals surface area contributed by atoms with Crippen LogP contribution in [0.3, 0.4) is 0 Å². The molecule has 0 aromatic heterocycles. The maximum absolute atomic E-state index is 3.52. The van der Waals surface area contributed by atoms with Gasteiger partial charge in [-0.1, -0.05) is 33.6 Å². The third-order valence-corrected chi connectivity index (χ3v) is 3.84. The van der Waals surface area contributed by atoms with Gasteiger partial charge in [-0.05, 0) is 31.8 Å². The molecule has 1 aliphatic heterocycles. The monoisotopic (exact) mass is 212 g/mol. The largest absolute Gasteiger partial charge is 0.315 e. The molecule has 1 heterocycles. The van der Waals surface area contributed by atoms with E-state index < -0.39 is 0 Å². The zero-order chi connectivity index (χ0) is 11.1. The van der Waals surface area contributed by atoms with Crippen LogP contribution in [0.25, 0.3) is 0 Å². The molecule has 0 spiro atoms. The van der Waals surface area contributed by atoms with E-state index in [1.165, 1.54) is 51.9 Å². The van der Waals surface area contributed by atoms with Crippen LogP contribution in [-0.4, -0.2) is 37.1 Å². The number of nitrogens with one attached hydrogen (secondary N) is 1. The van der Waals surface area contributed by atoms with Crippen LogP contribution in [0, 0.1) is 5.92 Å². The molecular weight excluding hydrogens is 184 g/mol. The van der Waals surface area contributed by atoms with Gasteiger partial charge < -0.3 is 5.32 Å². The topological polar surface area (TPSA) is 15.3 Å². The molecule has 0 aromatic carbocycles. The first kappa shape index (κ1) is 13.0. The Hall–Kier alpha value is -0.0800. The Morgan fingerprint density at radius 1 is 1.27 bits per heavy atom. The lowest BCUT2D eigenvalue weighted by Crippen LogP contribution is -2.47. The van der Waals surface area contributed by atoms with Gasteiger partial charge in [-0.2, -0.15) is 0 Å². The minimum Gasteiger partial charge on any atom is -0.315 e. The van der Waals surface area contributed by atoms with Gasteiger partial charge in [0.05, 0.1) is 0 Å². The first-order valence-electron chi connectivity index (χ1n) is 6.76. The predicted molar refractivity (Wildman–Crippen MR) is 67.2 cm³/mol. The fourth-order valence-electron chi connectivity index (χ4n) is 2.56. The summed E-state index contributed by atoms with van der Waals surface area (Å²) in [6.07, 6.45) is 5.39. The minimum absolute atomic E-state index is 0.796. The van der Waals surface area contributed by atoms with Gasteiger partial charge in [0, 0.05) is 19.1 Å². The third-order valence-electron chi connectivity index (χ3n) is 3.84. The van der Waals surface area contributed by atoms with Crippen molar-refractivity contribution in [3.63, 3.8) is 0 Å². The Bertz CT molecular complexity index is 149. The van der Waals surface area contributed by atoms with Gasteiger partial charge in [-0.15, -0.1) is 0 Å². The highest BCUT2D eigenvalue weighted by Gasteiger charge is 2.21. The van der Waals surface area contributed by atoms with Crippen LogP contribution in [0.4, 0.5) is 0 Å². The van der Waals surface area contributed by atoms with Crippen molar-refractivity contribution in [3.05, 3.63) is 0 Å². The second kappa shape index (κ2) is 7.24. The smallest absolute Gasteiger partial charge is 0.0221 e. The predicted octanol–water partition coefficient (Wildman–Crippen LogP) is 2.50. The van der Waals surface area contributed by atoms with Crippen molar-refractivity contribution in [2.75, 3.05) is 26.2 Å². The van der Waals surface area contributed by atoms with Gasteiger partial charge in [0.1, 0.15) is 0 Å². The number of hydrogen-bond donors (Lipinski definition) is 1. The lowest BCUT2D eigenvalue weighted by molar-refractivity contribution is 0.145. The zero-order valence-electron chi connectivity index (χ0n) is 10.8. The summed E-state index contributed by atoms with van der Waals surface area (Å²) in [7, 11) is 0. The summed E-state index contributed by atoms with van der Waals surface area (Å²) in [6, 6.07) is 0.796. The van der Waals surface area contributed by atoms with E-state index in [1.54, 1.807) is 0 Å². The van der Waals surface area contributed by atoms with E-state index in [0.29, 0.717) is 0 Å². The molecule has 90 valence electrons. The average molecular weight is 212 g/mol. The molecule has 0 aliphatic carbocycles. The fraction of sp³-hybridized carbons (Fsp3) is 1.00. The van der Waals surface area contributed by atoms with Crippen LogP contribution < -0.4 is 5.32 Å². The van der Waals surface area contributed by atoms with Crippen molar-refractivity contribution in [3.8, 4) is 0 Å². The first-order chi connectivity index (χ1) is 7.31. The van der Waals surface area contributed by atoms with Crippen molar-refractivity contribution in [2.24, 2.45) is 5.92 Å². The first-order valence-corrected chi connectivity index (χ1v) is 6.76. The molecule has 1 unspecified atom stereocenters. The van der Waals surface area contributed by atoms with Gasteiger partial charge in [0.25, 0.3) is 0 Å². The van der Waals surface area contributed by atoms with Gasteiger partial charge in [-0.25, -0.2) is 0 Å². The molecule has 1 saturated heterocycles. The van der Waals surface area contributed by atoms with E-state index in [2.05, 4.69) is 31.0 Å². The molecule has 0 bridgehead atoms. The Kier molecular flexibility index (Phi) is 6.26. The molecule has 1 aliphatic rings. The molecule has 1 atom stereocenters. The van der Waals surface area contributed by atoms with Crippen LogP contribution in [0.5, 0.6) is 0 Å². The number of likely N-dealkylation sites (N-methyl/N-ethyl adjacent to an activating group) is 1. The van der Waals surface area contributed by atoms with Crippen molar-refractivity contribution in [2.45, 2.75) is 52.5 Å². The molecule has 2 heteroatoms. The highest BCUT2D eigenvalue weighted by atomic mass is 15.2. The Labute approximate surface area is 95.4 Å². The molecule has 0 aromatic rings. The van der Waals surface area contributed by atoms with E-state index >= 15 is 0 Å². The summed E-state index contributed by atoms with van der Waals surface area (Å²) in [5, 5.41) is 3.52. The van der Waals surface area contributed by atoms with Crippen molar-refractivity contribution >= 4 is 0 Å². The Balaban J connectivity index is 2.38. The van der Waals surface area contributed by atoms with Crippen molar-refractivity contribution in [1.82, 2.24) is 10.2 Å². The molecule has 1 N–H and O–H groups in total. The summed E-state index contributed by atoms with van der Waals surface area (Å²) in [6.45, 7) is 11.9. The molecule has 1 rings (SSSR count). The number of hydrogen-bond acceptors (Lipinski definition) is 2. The van der Waals surface area contributed by atoms with Crippen LogP contribution in [0.2, 0.25) is 0 Å². The highest BCUT2D eigenvalue weighted by Crippen LogP contribution is 2.15. The zero-order valence-corrected chi connectivity index (χ0v) is 10.8. The van der Waals surface area contributed by atoms with Gasteiger partial charge in [-0.3, -0.25) is 4.90 Å². The van der Waals surface area contributed by atoms with Gasteiger partial charge in [0.15, 0.2) is 0 Å². The van der Waals surface area contributed by atoms with Crippen LogP contribution in [-0.2, 0) is 0 Å². The molecule has 0 radical (unpaired) electrons. The lowest BCUT2D eigenvalue weighted by atomic mass is 9.99. The molecule has 15 heavy (non-hydrogen) atoms. The summed E-state index contributed by atoms with van der Waals surface area (Å²) >= 11 is 0. The molecule has 2 nitrogen and oxygen atoms in total. The minimum atomic E-state index is 0.796. The van der Waals surface area contributed by atoms with E-state index in [0.717, 1.165) is 12.0 Å².